The van der Waals surface area contributed by atoms with E-state index in [-0.39, 0.29) is 58.9 Å². The molecule has 2 aromatic carbocycles. The molecule has 0 radical (unpaired) electrons. The quantitative estimate of drug-likeness (QED) is 0.269. The predicted molar refractivity (Wildman–Crippen MR) is 179 cm³/mol. The number of Topliss-reactive ketones (excluding diaryl/α,β-unsaturated/α-hetero) is 1. The molecule has 4 rings (SSSR count). The maximum absolute atomic E-state index is 13.9. The molecule has 1 fully saturated rings. The average Bonchev–Trinajstić information content (AvgIpc) is 3.55. The van der Waals surface area contributed by atoms with E-state index in [1.54, 1.807) is 18.0 Å². The molecule has 1 amide bonds. The Morgan fingerprint density at radius 3 is 2.52 bits per heavy atom. The number of nitrogens with one attached hydrogen (secondary N) is 2. The van der Waals surface area contributed by atoms with Gasteiger partial charge in [0.1, 0.15) is 11.6 Å². The number of hydrogen-bond donors (Lipinski definition) is 3. The van der Waals surface area contributed by atoms with Crippen LogP contribution in [0.4, 0.5) is 11.4 Å². The number of ketones is 1. The summed E-state index contributed by atoms with van der Waals surface area (Å²) in [5.41, 5.74) is 4.61. The summed E-state index contributed by atoms with van der Waals surface area (Å²) in [5.74, 6) is 0.0250. The second-order valence-electron chi connectivity index (χ2n) is 12.6. The molecule has 2 aliphatic rings. The van der Waals surface area contributed by atoms with Gasteiger partial charge in [0.25, 0.3) is 5.91 Å². The van der Waals surface area contributed by atoms with Gasteiger partial charge in [-0.25, -0.2) is 0 Å². The third-order valence-corrected chi connectivity index (χ3v) is 8.22. The van der Waals surface area contributed by atoms with Crippen molar-refractivity contribution in [3.05, 3.63) is 52.6 Å². The fourth-order valence-electron chi connectivity index (χ4n) is 5.99. The first-order valence-corrected chi connectivity index (χ1v) is 15.0. The molecule has 1 atom stereocenters. The van der Waals surface area contributed by atoms with E-state index in [1.807, 2.05) is 37.2 Å². The highest BCUT2D eigenvalue weighted by Gasteiger charge is 2.36. The van der Waals surface area contributed by atoms with Crippen LogP contribution in [0.3, 0.4) is 0 Å². The molecule has 0 saturated carbocycles. The lowest BCUT2D eigenvalue weighted by atomic mass is 9.85. The van der Waals surface area contributed by atoms with Crippen molar-refractivity contribution in [1.29, 1.82) is 5.41 Å². The van der Waals surface area contributed by atoms with Gasteiger partial charge in [0.15, 0.2) is 5.78 Å². The minimum Gasteiger partial charge on any atom is -0.491 e. The molecule has 0 aromatic heterocycles. The largest absolute Gasteiger partial charge is 0.491 e. The number of carbonyl (C=O) groups excluding carboxylic acids is 2. The highest BCUT2D eigenvalue weighted by Crippen LogP contribution is 2.42. The molecule has 2 aliphatic heterocycles. The summed E-state index contributed by atoms with van der Waals surface area (Å²) >= 11 is 0. The Morgan fingerprint density at radius 1 is 1.16 bits per heavy atom. The monoisotopic (exact) mass is 671 g/mol. The molecule has 3 N–H and O–H groups in total. The minimum absolute atomic E-state index is 0. The van der Waals surface area contributed by atoms with Gasteiger partial charge in [0.05, 0.1) is 30.4 Å². The Labute approximate surface area is 271 Å². The Bertz CT molecular complexity index is 1400. The Kier molecular flexibility index (Phi) is 11.5. The van der Waals surface area contributed by atoms with E-state index in [4.69, 9.17) is 15.3 Å². The molecular weight excluding hydrogens is 626 g/mol. The van der Waals surface area contributed by atoms with E-state index in [0.717, 1.165) is 47.6 Å². The zero-order valence-corrected chi connectivity index (χ0v) is 28.4. The van der Waals surface area contributed by atoms with Crippen LogP contribution in [0.15, 0.2) is 30.3 Å². The molecule has 10 nitrogen and oxygen atoms in total. The van der Waals surface area contributed by atoms with Gasteiger partial charge in [-0.1, -0.05) is 32.9 Å². The van der Waals surface area contributed by atoms with Gasteiger partial charge in [-0.3, -0.25) is 19.8 Å². The first-order chi connectivity index (χ1) is 20.3. The number of carbonyl (C=O) groups is 3. The van der Waals surface area contributed by atoms with E-state index in [2.05, 4.69) is 37.1 Å². The Balaban J connectivity index is 0.00000529. The predicted octanol–water partition coefficient (Wildman–Crippen LogP) is 5.00. The standard InChI is InChI=1S/C33H45N5O5.BrH/c1-33(2,3)24-11-9-12-26(30(24)43-16-8-7-14-29(40)41)38-15-10-13-25(38)28(39)20-37-19-21-17-27(36(5)6)23(32(42)35-4)18-22(21)31(37)34;/h9,11-12,17-18,25,34H,7-8,10,13-16,19-20H2,1-6H3,(H,35,42)(H,40,41);1H. The Hall–Kier alpha value is -3.60. The van der Waals surface area contributed by atoms with Crippen LogP contribution < -0.4 is 19.9 Å². The molecule has 2 heterocycles. The summed E-state index contributed by atoms with van der Waals surface area (Å²) in [5, 5.41) is 20.5. The first-order valence-electron chi connectivity index (χ1n) is 15.0. The minimum atomic E-state index is -0.812. The van der Waals surface area contributed by atoms with Gasteiger partial charge in [-0.2, -0.15) is 0 Å². The normalized spacial score (nSPS) is 16.0. The number of benzene rings is 2. The van der Waals surface area contributed by atoms with E-state index in [9.17, 15) is 14.4 Å². The molecule has 44 heavy (non-hydrogen) atoms. The van der Waals surface area contributed by atoms with Crippen LogP contribution in [0, 0.1) is 5.41 Å². The zero-order chi connectivity index (χ0) is 31.5. The van der Waals surface area contributed by atoms with Crippen molar-refractivity contribution in [2.75, 3.05) is 50.6 Å². The number of amidine groups is 1. The second kappa shape index (κ2) is 14.5. The van der Waals surface area contributed by atoms with Gasteiger partial charge in [-0.15, -0.1) is 17.0 Å². The summed E-state index contributed by atoms with van der Waals surface area (Å²) in [6.45, 7) is 8.05. The molecule has 240 valence electrons. The number of para-hydroxylation sites is 1. The number of ether oxygens (including phenoxy) is 1. The van der Waals surface area contributed by atoms with Crippen molar-refractivity contribution in [3.8, 4) is 5.75 Å². The van der Waals surface area contributed by atoms with E-state index in [0.29, 0.717) is 37.1 Å². The van der Waals surface area contributed by atoms with E-state index in [1.165, 1.54) is 0 Å². The van der Waals surface area contributed by atoms with Crippen molar-refractivity contribution in [3.63, 3.8) is 0 Å². The maximum atomic E-state index is 13.9. The van der Waals surface area contributed by atoms with Crippen LogP contribution in [0.5, 0.6) is 5.75 Å². The van der Waals surface area contributed by atoms with E-state index < -0.39 is 5.97 Å². The Morgan fingerprint density at radius 2 is 1.89 bits per heavy atom. The maximum Gasteiger partial charge on any atom is 0.303 e. The number of unbranched alkanes of at least 4 members (excludes halogenated alkanes) is 1. The number of carboxylic acids is 1. The summed E-state index contributed by atoms with van der Waals surface area (Å²) in [6.07, 6.45) is 2.86. The number of carboxylic acid groups (broad SMARTS) is 1. The fourth-order valence-corrected chi connectivity index (χ4v) is 5.99. The van der Waals surface area contributed by atoms with Crippen LogP contribution in [-0.4, -0.2) is 80.4 Å². The molecule has 0 spiro atoms. The molecule has 1 unspecified atom stereocenters. The highest BCUT2D eigenvalue weighted by atomic mass is 79.9. The number of fused-ring (bicyclic) bond motifs is 1. The number of rotatable bonds is 12. The van der Waals surface area contributed by atoms with Gasteiger partial charge >= 0.3 is 5.97 Å². The molecule has 2 aromatic rings. The van der Waals surface area contributed by atoms with Crippen molar-refractivity contribution < 1.29 is 24.2 Å². The molecule has 1 saturated heterocycles. The van der Waals surface area contributed by atoms with Crippen LogP contribution in [0.2, 0.25) is 0 Å². The molecular formula is C33H46BrN5O5. The number of halogens is 1. The summed E-state index contributed by atoms with van der Waals surface area (Å²) in [7, 11) is 5.35. The summed E-state index contributed by atoms with van der Waals surface area (Å²) in [6, 6.07) is 9.42. The number of amides is 1. The zero-order valence-electron chi connectivity index (χ0n) is 26.7. The third-order valence-electron chi connectivity index (χ3n) is 8.22. The molecule has 0 aliphatic carbocycles. The highest BCUT2D eigenvalue weighted by molar-refractivity contribution is 8.93. The van der Waals surface area contributed by atoms with Crippen molar-refractivity contribution in [2.45, 2.75) is 70.9 Å². The number of nitrogens with zero attached hydrogens (tertiary/aromatic N) is 3. The van der Waals surface area contributed by atoms with Crippen LogP contribution in [-0.2, 0) is 21.5 Å². The van der Waals surface area contributed by atoms with Crippen LogP contribution >= 0.6 is 17.0 Å². The SMILES string of the molecule is Br.CNC(=O)c1cc2c(cc1N(C)C)CN(CC(=O)C1CCCN1c1cccc(C(C)(C)C)c1OCCCCC(=O)O)C2=N. The number of hydrogen-bond acceptors (Lipinski definition) is 7. The van der Waals surface area contributed by atoms with Crippen LogP contribution in [0.1, 0.15) is 79.9 Å². The molecule has 0 bridgehead atoms. The lowest BCUT2D eigenvalue weighted by Crippen LogP contribution is -2.42. The van der Waals surface area contributed by atoms with Crippen molar-refractivity contribution >= 4 is 51.9 Å². The number of aliphatic carboxylic acids is 1. The second-order valence-corrected chi connectivity index (χ2v) is 12.6. The van der Waals surface area contributed by atoms with Gasteiger partial charge in [0.2, 0.25) is 0 Å². The van der Waals surface area contributed by atoms with E-state index >= 15 is 0 Å². The topological polar surface area (TPSA) is 126 Å². The first kappa shape index (κ1) is 34.9. The number of anilines is 2. The van der Waals surface area contributed by atoms with Gasteiger partial charge in [-0.05, 0) is 54.9 Å². The summed E-state index contributed by atoms with van der Waals surface area (Å²) in [4.78, 5) is 43.2. The average molecular weight is 673 g/mol. The fraction of sp³-hybridized carbons (Fsp3) is 0.515. The third kappa shape index (κ3) is 7.54. The van der Waals surface area contributed by atoms with Gasteiger partial charge < -0.3 is 29.9 Å². The van der Waals surface area contributed by atoms with Gasteiger partial charge in [0, 0.05) is 57.5 Å². The smallest absolute Gasteiger partial charge is 0.303 e. The van der Waals surface area contributed by atoms with Crippen molar-refractivity contribution in [1.82, 2.24) is 10.2 Å². The lowest BCUT2D eigenvalue weighted by molar-refractivity contribution is -0.137. The molecule has 11 heteroatoms. The lowest BCUT2D eigenvalue weighted by Gasteiger charge is -2.32. The summed E-state index contributed by atoms with van der Waals surface area (Å²) < 4.78 is 6.35. The van der Waals surface area contributed by atoms with Crippen molar-refractivity contribution in [2.24, 2.45) is 0 Å². The van der Waals surface area contributed by atoms with Crippen LogP contribution in [0.25, 0.3) is 0 Å².